The van der Waals surface area contributed by atoms with Crippen molar-refractivity contribution in [3.8, 4) is 11.5 Å². The van der Waals surface area contributed by atoms with Crippen molar-refractivity contribution >= 4 is 33.4 Å². The molecule has 32 heavy (non-hydrogen) atoms. The van der Waals surface area contributed by atoms with Crippen LogP contribution in [0.3, 0.4) is 0 Å². The van der Waals surface area contributed by atoms with E-state index in [1.807, 2.05) is 6.07 Å². The summed E-state index contributed by atoms with van der Waals surface area (Å²) in [5, 5.41) is 12.3. The predicted molar refractivity (Wildman–Crippen MR) is 118 cm³/mol. The van der Waals surface area contributed by atoms with Gasteiger partial charge in [0.1, 0.15) is 10.6 Å². The number of carbonyl (C=O) groups is 1. The van der Waals surface area contributed by atoms with Crippen molar-refractivity contribution in [1.82, 2.24) is 20.2 Å². The van der Waals surface area contributed by atoms with Crippen molar-refractivity contribution in [2.45, 2.75) is 4.90 Å². The molecule has 3 heterocycles. The smallest absolute Gasteiger partial charge is 0.285 e. The summed E-state index contributed by atoms with van der Waals surface area (Å²) in [6.45, 7) is 0. The maximum absolute atomic E-state index is 12.5. The highest BCUT2D eigenvalue weighted by Crippen LogP contribution is 2.26. The lowest BCUT2D eigenvalue weighted by Gasteiger charge is -2.07. The number of aromatic amines is 1. The Morgan fingerprint density at radius 3 is 2.50 bits per heavy atom. The van der Waals surface area contributed by atoms with Gasteiger partial charge < -0.3 is 5.32 Å². The standard InChI is InChI=1S/C21H15N7O3S/c29-20(25-21-24-19(26-27-21)16-6-3-4-12-22-16)13-8-10-14(11-9-13)23-18-15-5-1-2-7-17(15)32(30,31)28-18/h1-12H,(H,23,28)(H2,24,25,26,27,29). The second kappa shape index (κ2) is 7.71. The third-order valence-corrected chi connectivity index (χ3v) is 5.99. The average Bonchev–Trinajstić information content (AvgIpc) is 3.37. The number of nitrogens with one attached hydrogen (secondary N) is 3. The van der Waals surface area contributed by atoms with Crippen LogP contribution in [0.15, 0.2) is 82.2 Å². The molecule has 5 rings (SSSR count). The number of benzene rings is 2. The molecule has 1 aliphatic rings. The van der Waals surface area contributed by atoms with Gasteiger partial charge in [-0.1, -0.05) is 18.2 Å². The highest BCUT2D eigenvalue weighted by molar-refractivity contribution is 7.90. The van der Waals surface area contributed by atoms with Gasteiger partial charge in [0, 0.05) is 23.0 Å². The van der Waals surface area contributed by atoms with Crippen molar-refractivity contribution < 1.29 is 13.2 Å². The normalized spacial score (nSPS) is 13.8. The van der Waals surface area contributed by atoms with Crippen LogP contribution >= 0.6 is 0 Å². The minimum absolute atomic E-state index is 0.125. The molecule has 0 radical (unpaired) electrons. The number of hydrogen-bond donors (Lipinski definition) is 3. The Bertz CT molecular complexity index is 1450. The van der Waals surface area contributed by atoms with Gasteiger partial charge in [0.25, 0.3) is 15.9 Å². The van der Waals surface area contributed by atoms with Gasteiger partial charge in [0.05, 0.1) is 0 Å². The number of amides is 1. The maximum atomic E-state index is 12.5. The zero-order valence-corrected chi connectivity index (χ0v) is 17.2. The highest BCUT2D eigenvalue weighted by Gasteiger charge is 2.28. The summed E-state index contributed by atoms with van der Waals surface area (Å²) in [6, 6.07) is 18.5. The minimum Gasteiger partial charge on any atom is -0.339 e. The highest BCUT2D eigenvalue weighted by atomic mass is 32.2. The van der Waals surface area contributed by atoms with Gasteiger partial charge in [0.15, 0.2) is 11.7 Å². The number of pyridine rings is 1. The Morgan fingerprint density at radius 2 is 1.72 bits per heavy atom. The quantitative estimate of drug-likeness (QED) is 0.438. The lowest BCUT2D eigenvalue weighted by atomic mass is 10.1. The molecule has 0 unspecified atom stereocenters. The van der Waals surface area contributed by atoms with Crippen LogP contribution in [0.2, 0.25) is 0 Å². The van der Waals surface area contributed by atoms with Gasteiger partial charge >= 0.3 is 0 Å². The molecule has 0 saturated heterocycles. The second-order valence-corrected chi connectivity index (χ2v) is 8.36. The molecule has 1 aliphatic heterocycles. The van der Waals surface area contributed by atoms with Crippen LogP contribution in [-0.2, 0) is 10.0 Å². The van der Waals surface area contributed by atoms with Gasteiger partial charge in [-0.3, -0.25) is 20.2 Å². The van der Waals surface area contributed by atoms with Crippen LogP contribution in [0.4, 0.5) is 11.6 Å². The first kappa shape index (κ1) is 19.6. The monoisotopic (exact) mass is 445 g/mol. The summed E-state index contributed by atoms with van der Waals surface area (Å²) < 4.78 is 28.1. The van der Waals surface area contributed by atoms with Crippen molar-refractivity contribution in [1.29, 1.82) is 0 Å². The van der Waals surface area contributed by atoms with Crippen LogP contribution in [0.1, 0.15) is 15.9 Å². The molecule has 2 aromatic heterocycles. The van der Waals surface area contributed by atoms with Crippen molar-refractivity contribution in [3.63, 3.8) is 0 Å². The molecular formula is C21H15N7O3S. The second-order valence-electron chi connectivity index (χ2n) is 6.79. The van der Waals surface area contributed by atoms with Crippen LogP contribution < -0.4 is 10.6 Å². The molecule has 0 bridgehead atoms. The van der Waals surface area contributed by atoms with Crippen molar-refractivity contribution in [3.05, 3.63) is 84.1 Å². The average molecular weight is 445 g/mol. The number of amidine groups is 1. The first-order chi connectivity index (χ1) is 15.5. The SMILES string of the molecule is O=C(Nc1n[nH]c(-c2ccccn2)n1)c1ccc(NC2=NS(=O)(=O)c3ccccc32)cc1. The third kappa shape index (κ3) is 3.72. The fraction of sp³-hybridized carbons (Fsp3) is 0. The Morgan fingerprint density at radius 1 is 0.938 bits per heavy atom. The molecule has 0 aliphatic carbocycles. The van der Waals surface area contributed by atoms with Crippen molar-refractivity contribution in [2.75, 3.05) is 10.6 Å². The molecule has 0 fully saturated rings. The molecule has 11 heteroatoms. The molecule has 0 spiro atoms. The van der Waals surface area contributed by atoms with E-state index >= 15 is 0 Å². The van der Waals surface area contributed by atoms with E-state index in [1.54, 1.807) is 60.8 Å². The van der Waals surface area contributed by atoms with Gasteiger partial charge in [-0.2, -0.15) is 13.4 Å². The van der Waals surface area contributed by atoms with E-state index < -0.39 is 15.9 Å². The molecule has 2 aromatic carbocycles. The molecule has 10 nitrogen and oxygen atoms in total. The summed E-state index contributed by atoms with van der Waals surface area (Å²) in [5.41, 5.74) is 2.07. The Hall–Kier alpha value is -4.38. The van der Waals surface area contributed by atoms with Crippen LogP contribution in [-0.4, -0.2) is 40.3 Å². The summed E-state index contributed by atoms with van der Waals surface area (Å²) >= 11 is 0. The van der Waals surface area contributed by atoms with E-state index in [9.17, 15) is 13.2 Å². The number of aromatic nitrogens is 4. The number of H-pyrrole nitrogens is 1. The van der Waals surface area contributed by atoms with E-state index in [-0.39, 0.29) is 16.7 Å². The van der Waals surface area contributed by atoms with E-state index in [4.69, 9.17) is 0 Å². The molecule has 0 saturated carbocycles. The van der Waals surface area contributed by atoms with Crippen LogP contribution in [0.5, 0.6) is 0 Å². The Labute approximate surface area is 182 Å². The van der Waals surface area contributed by atoms with Crippen molar-refractivity contribution in [2.24, 2.45) is 4.40 Å². The van der Waals surface area contributed by atoms with Crippen LogP contribution in [0, 0.1) is 0 Å². The van der Waals surface area contributed by atoms with Gasteiger partial charge in [0.2, 0.25) is 5.95 Å². The zero-order chi connectivity index (χ0) is 22.1. The summed E-state index contributed by atoms with van der Waals surface area (Å²) in [5.74, 6) is 0.405. The van der Waals surface area contributed by atoms with E-state index in [2.05, 4.69) is 35.2 Å². The fourth-order valence-corrected chi connectivity index (χ4v) is 4.32. The van der Waals surface area contributed by atoms with E-state index in [0.29, 0.717) is 28.3 Å². The molecule has 1 amide bonds. The number of rotatable bonds is 4. The predicted octanol–water partition coefficient (Wildman–Crippen LogP) is 2.68. The number of nitrogens with zero attached hydrogens (tertiary/aromatic N) is 4. The lowest BCUT2D eigenvalue weighted by molar-refractivity contribution is 0.102. The summed E-state index contributed by atoms with van der Waals surface area (Å²) in [7, 11) is -3.71. The molecule has 3 N–H and O–H groups in total. The molecular weight excluding hydrogens is 430 g/mol. The lowest BCUT2D eigenvalue weighted by Crippen LogP contribution is -2.14. The van der Waals surface area contributed by atoms with Crippen LogP contribution in [0.25, 0.3) is 11.5 Å². The molecule has 0 atom stereocenters. The van der Waals surface area contributed by atoms with E-state index in [1.165, 1.54) is 6.07 Å². The van der Waals surface area contributed by atoms with Gasteiger partial charge in [-0.25, -0.2) is 0 Å². The number of hydrogen-bond acceptors (Lipinski definition) is 7. The van der Waals surface area contributed by atoms with E-state index in [0.717, 1.165) is 0 Å². The topological polar surface area (TPSA) is 142 Å². The van der Waals surface area contributed by atoms with Gasteiger partial charge in [-0.05, 0) is 48.5 Å². The first-order valence-corrected chi connectivity index (χ1v) is 10.9. The third-order valence-electron chi connectivity index (χ3n) is 4.66. The first-order valence-electron chi connectivity index (χ1n) is 9.46. The Balaban J connectivity index is 1.28. The molecule has 158 valence electrons. The maximum Gasteiger partial charge on any atom is 0.285 e. The minimum atomic E-state index is -3.71. The fourth-order valence-electron chi connectivity index (χ4n) is 3.15. The zero-order valence-electron chi connectivity index (χ0n) is 16.4. The number of sulfonamides is 1. The number of fused-ring (bicyclic) bond motifs is 1. The Kier molecular flexibility index (Phi) is 4.71. The van der Waals surface area contributed by atoms with Gasteiger partial charge in [-0.15, -0.1) is 9.50 Å². The molecule has 4 aromatic rings. The number of anilines is 2. The summed E-state index contributed by atoms with van der Waals surface area (Å²) in [4.78, 5) is 21.1. The summed E-state index contributed by atoms with van der Waals surface area (Å²) in [6.07, 6.45) is 1.64. The number of carbonyl (C=O) groups excluding carboxylic acids is 1. The largest absolute Gasteiger partial charge is 0.339 e.